The number of aryl methyl sites for hydroxylation is 2. The zero-order valence-electron chi connectivity index (χ0n) is 16.3. The molecule has 0 unspecified atom stereocenters. The number of carbonyl (C=O) groups is 1. The fourth-order valence-electron chi connectivity index (χ4n) is 3.13. The van der Waals surface area contributed by atoms with Gasteiger partial charge in [0.05, 0.1) is 0 Å². The summed E-state index contributed by atoms with van der Waals surface area (Å²) in [5.41, 5.74) is 5.36. The molecule has 0 saturated carbocycles. The fourth-order valence-corrected chi connectivity index (χ4v) is 3.47. The molecule has 1 heterocycles. The summed E-state index contributed by atoms with van der Waals surface area (Å²) in [7, 11) is 0. The third kappa shape index (κ3) is 4.57. The highest BCUT2D eigenvalue weighted by Gasteiger charge is 2.14. The zero-order valence-corrected chi connectivity index (χ0v) is 18.4. The lowest BCUT2D eigenvalue weighted by molar-refractivity contribution is -0.112. The highest BCUT2D eigenvalue weighted by molar-refractivity contribution is 14.1. The first-order valence-corrected chi connectivity index (χ1v) is 10.0. The van der Waals surface area contributed by atoms with Crippen molar-refractivity contribution in [1.29, 1.82) is 5.26 Å². The summed E-state index contributed by atoms with van der Waals surface area (Å²) in [5.74, 6) is -0.925. The maximum absolute atomic E-state index is 13.0. The molecule has 0 saturated heterocycles. The van der Waals surface area contributed by atoms with Crippen molar-refractivity contribution in [2.45, 2.75) is 20.8 Å². The summed E-state index contributed by atoms with van der Waals surface area (Å²) < 4.78 is 16.3. The van der Waals surface area contributed by atoms with E-state index in [9.17, 15) is 14.4 Å². The van der Waals surface area contributed by atoms with Crippen molar-refractivity contribution in [1.82, 2.24) is 4.57 Å². The van der Waals surface area contributed by atoms with Crippen molar-refractivity contribution in [2.24, 2.45) is 0 Å². The summed E-state index contributed by atoms with van der Waals surface area (Å²) in [4.78, 5) is 12.5. The van der Waals surface area contributed by atoms with Gasteiger partial charge in [0.15, 0.2) is 0 Å². The molecule has 0 aliphatic heterocycles. The van der Waals surface area contributed by atoms with E-state index >= 15 is 0 Å². The Bertz CT molecular complexity index is 1150. The van der Waals surface area contributed by atoms with Gasteiger partial charge in [-0.25, -0.2) is 4.39 Å². The minimum atomic E-state index is -0.533. The number of halogens is 2. The molecule has 2 aromatic carbocycles. The summed E-state index contributed by atoms with van der Waals surface area (Å²) in [6.07, 6.45) is 1.58. The second kappa shape index (κ2) is 8.62. The molecule has 0 bridgehead atoms. The molecule has 0 fully saturated rings. The first-order chi connectivity index (χ1) is 13.8. The van der Waals surface area contributed by atoms with E-state index in [1.807, 2.05) is 26.0 Å². The second-order valence-electron chi connectivity index (χ2n) is 6.73. The van der Waals surface area contributed by atoms with E-state index in [1.54, 1.807) is 6.08 Å². The summed E-state index contributed by atoms with van der Waals surface area (Å²) in [6, 6.07) is 15.5. The first kappa shape index (κ1) is 20.8. The number of amides is 1. The van der Waals surface area contributed by atoms with Crippen molar-refractivity contribution in [3.8, 4) is 11.8 Å². The molecule has 0 aliphatic rings. The molecule has 29 heavy (non-hydrogen) atoms. The van der Waals surface area contributed by atoms with E-state index < -0.39 is 11.7 Å². The predicted octanol–water partition coefficient (Wildman–Crippen LogP) is 5.69. The number of carbonyl (C=O) groups excluding carboxylic acids is 1. The average molecular weight is 499 g/mol. The molecule has 1 aromatic heterocycles. The molecule has 1 N–H and O–H groups in total. The van der Waals surface area contributed by atoms with Crippen LogP contribution in [0.15, 0.2) is 54.1 Å². The van der Waals surface area contributed by atoms with Gasteiger partial charge < -0.3 is 9.88 Å². The highest BCUT2D eigenvalue weighted by atomic mass is 127. The number of benzene rings is 2. The van der Waals surface area contributed by atoms with E-state index in [4.69, 9.17) is 0 Å². The van der Waals surface area contributed by atoms with Crippen LogP contribution in [0.3, 0.4) is 0 Å². The van der Waals surface area contributed by atoms with Crippen molar-refractivity contribution in [2.75, 3.05) is 5.32 Å². The zero-order chi connectivity index (χ0) is 21.1. The van der Waals surface area contributed by atoms with Crippen LogP contribution >= 0.6 is 22.6 Å². The first-order valence-electron chi connectivity index (χ1n) is 8.94. The molecule has 4 nitrogen and oxygen atoms in total. The van der Waals surface area contributed by atoms with E-state index in [2.05, 4.69) is 57.6 Å². The number of rotatable bonds is 4. The Kier molecular flexibility index (Phi) is 6.18. The van der Waals surface area contributed by atoms with Crippen LogP contribution < -0.4 is 5.32 Å². The SMILES string of the molecule is Cc1cc(-n2c(C)cc(/C=C(/C#N)C(=O)Nc3ccc(F)cc3)c2C)ccc1I. The molecule has 1 amide bonds. The topological polar surface area (TPSA) is 57.8 Å². The van der Waals surface area contributed by atoms with Gasteiger partial charge in [-0.05, 0) is 109 Å². The third-order valence-electron chi connectivity index (χ3n) is 4.64. The maximum atomic E-state index is 13.0. The van der Waals surface area contributed by atoms with Crippen molar-refractivity contribution in [3.05, 3.63) is 86.0 Å². The van der Waals surface area contributed by atoms with Crippen LogP contribution in [0.5, 0.6) is 0 Å². The molecule has 0 spiro atoms. The van der Waals surface area contributed by atoms with Crippen molar-refractivity contribution < 1.29 is 9.18 Å². The minimum Gasteiger partial charge on any atom is -0.321 e. The normalized spacial score (nSPS) is 11.2. The quantitative estimate of drug-likeness (QED) is 0.285. The molecule has 146 valence electrons. The smallest absolute Gasteiger partial charge is 0.266 e. The van der Waals surface area contributed by atoms with Crippen LogP contribution in [-0.4, -0.2) is 10.5 Å². The molecule has 6 heteroatoms. The fraction of sp³-hybridized carbons (Fsp3) is 0.130. The second-order valence-corrected chi connectivity index (χ2v) is 7.89. The van der Waals surface area contributed by atoms with Crippen molar-refractivity contribution in [3.63, 3.8) is 0 Å². The van der Waals surface area contributed by atoms with E-state index in [1.165, 1.54) is 33.4 Å². The summed E-state index contributed by atoms with van der Waals surface area (Å²) in [5, 5.41) is 12.1. The van der Waals surface area contributed by atoms with Gasteiger partial charge >= 0.3 is 0 Å². The Morgan fingerprint density at radius 1 is 1.14 bits per heavy atom. The van der Waals surface area contributed by atoms with Crippen LogP contribution in [0.25, 0.3) is 11.8 Å². The standard InChI is InChI=1S/C23H19FIN3O/c1-14-10-21(8-9-22(14)25)28-15(2)11-17(16(28)3)12-18(13-26)23(29)27-20-6-4-19(24)5-7-20/h4-12H,1-3H3,(H,27,29)/b18-12-. The van der Waals surface area contributed by atoms with Gasteiger partial charge in [-0.3, -0.25) is 4.79 Å². The van der Waals surface area contributed by atoms with Crippen LogP contribution in [0.2, 0.25) is 0 Å². The maximum Gasteiger partial charge on any atom is 0.266 e. The Morgan fingerprint density at radius 3 is 2.45 bits per heavy atom. The number of hydrogen-bond acceptors (Lipinski definition) is 2. The van der Waals surface area contributed by atoms with Crippen LogP contribution in [0.4, 0.5) is 10.1 Å². The number of nitriles is 1. The number of aromatic nitrogens is 1. The van der Waals surface area contributed by atoms with Gasteiger partial charge in [0, 0.05) is 26.3 Å². The molecule has 0 radical (unpaired) electrons. The van der Waals surface area contributed by atoms with Gasteiger partial charge in [0.2, 0.25) is 0 Å². The number of hydrogen-bond donors (Lipinski definition) is 1. The van der Waals surface area contributed by atoms with Crippen LogP contribution in [-0.2, 0) is 4.79 Å². The lowest BCUT2D eigenvalue weighted by Gasteiger charge is -2.11. The summed E-state index contributed by atoms with van der Waals surface area (Å²) in [6.45, 7) is 6.01. The van der Waals surface area contributed by atoms with Gasteiger partial charge in [-0.2, -0.15) is 5.26 Å². The van der Waals surface area contributed by atoms with E-state index in [-0.39, 0.29) is 5.57 Å². The predicted molar refractivity (Wildman–Crippen MR) is 121 cm³/mol. The molecule has 3 aromatic rings. The number of nitrogens with one attached hydrogen (secondary N) is 1. The van der Waals surface area contributed by atoms with Crippen LogP contribution in [0, 0.1) is 41.5 Å². The Labute approximate surface area is 182 Å². The van der Waals surface area contributed by atoms with E-state index in [0.29, 0.717) is 5.69 Å². The molecule has 3 rings (SSSR count). The minimum absolute atomic E-state index is 0.0200. The van der Waals surface area contributed by atoms with Gasteiger partial charge in [0.1, 0.15) is 17.5 Å². The Balaban J connectivity index is 1.94. The summed E-state index contributed by atoms with van der Waals surface area (Å²) >= 11 is 2.30. The highest BCUT2D eigenvalue weighted by Crippen LogP contribution is 2.25. The molecule has 0 atom stereocenters. The third-order valence-corrected chi connectivity index (χ3v) is 5.85. The number of anilines is 1. The van der Waals surface area contributed by atoms with Gasteiger partial charge in [-0.1, -0.05) is 0 Å². The van der Waals surface area contributed by atoms with Gasteiger partial charge in [-0.15, -0.1) is 0 Å². The number of nitrogens with zero attached hydrogens (tertiary/aromatic N) is 2. The Morgan fingerprint density at radius 2 is 1.83 bits per heavy atom. The lowest BCUT2D eigenvalue weighted by Crippen LogP contribution is -2.13. The molecular weight excluding hydrogens is 480 g/mol. The van der Waals surface area contributed by atoms with Crippen molar-refractivity contribution >= 4 is 40.3 Å². The molecular formula is C23H19FIN3O. The monoisotopic (exact) mass is 499 g/mol. The average Bonchev–Trinajstić information content (AvgIpc) is 2.97. The van der Waals surface area contributed by atoms with E-state index in [0.717, 1.165) is 22.6 Å². The lowest BCUT2D eigenvalue weighted by atomic mass is 10.1. The molecule has 0 aliphatic carbocycles. The van der Waals surface area contributed by atoms with Crippen LogP contribution in [0.1, 0.15) is 22.5 Å². The Hall–Kier alpha value is -2.92. The largest absolute Gasteiger partial charge is 0.321 e. The van der Waals surface area contributed by atoms with Gasteiger partial charge in [0.25, 0.3) is 5.91 Å².